The van der Waals surface area contributed by atoms with Gasteiger partial charge in [0.05, 0.1) is 24.7 Å². The van der Waals surface area contributed by atoms with Gasteiger partial charge >= 0.3 is 5.78 Å². The fourth-order valence-electron chi connectivity index (χ4n) is 19.2. The van der Waals surface area contributed by atoms with E-state index in [2.05, 4.69) is 19.6 Å². The van der Waals surface area contributed by atoms with Crippen LogP contribution in [0, 0.1) is 99.6 Å². The molecule has 3 spiro atoms. The predicted molar refractivity (Wildman–Crippen MR) is 262 cm³/mol. The number of oxime groups is 1. The van der Waals surface area contributed by atoms with Crippen LogP contribution in [-0.4, -0.2) is 71.6 Å². The van der Waals surface area contributed by atoms with Gasteiger partial charge in [-0.1, -0.05) is 28.0 Å². The van der Waals surface area contributed by atoms with Gasteiger partial charge in [-0.3, -0.25) is 9.63 Å². The summed E-state index contributed by atoms with van der Waals surface area (Å²) in [6.45, 7) is 0. The van der Waals surface area contributed by atoms with Crippen molar-refractivity contribution in [1.82, 2.24) is 5.23 Å². The molecule has 20 aliphatic rings. The first-order valence-electron chi connectivity index (χ1n) is 29.1. The summed E-state index contributed by atoms with van der Waals surface area (Å²) < 4.78 is 10.9. The SMILES string of the molecule is C1CCC2(CC1)OOC1(O2)C2CC3CC(C2)CC1C3.CON1OOOC12C1CC3CC(C1)CC2C3.CON=C1C2CC3CC(C2)CC1C3.CON=O.O=C1CCCCC1.OOO.[O-][O+]=C1C2CC3CC(C2)CC1C3. The molecule has 2 aliphatic heterocycles. The lowest BCUT2D eigenvalue weighted by Gasteiger charge is -2.57. The van der Waals surface area contributed by atoms with Gasteiger partial charge in [0, 0.05) is 66.4 Å². The molecule has 18 saturated carbocycles. The van der Waals surface area contributed by atoms with E-state index in [0.29, 0.717) is 41.3 Å². The van der Waals surface area contributed by atoms with Gasteiger partial charge in [-0.15, -0.1) is 4.91 Å². The minimum Gasteiger partial charge on any atom is -0.463 e. The molecule has 2 saturated heterocycles. The maximum atomic E-state index is 10.5. The molecule has 0 amide bonds. The Morgan fingerprint density at radius 3 is 1.38 bits per heavy atom. The molecule has 0 radical (unpaired) electrons. The van der Waals surface area contributed by atoms with Crippen molar-refractivity contribution in [3.05, 3.63) is 4.91 Å². The van der Waals surface area contributed by atoms with E-state index in [1.807, 2.05) is 5.34 Å². The van der Waals surface area contributed by atoms with Crippen molar-refractivity contribution in [1.29, 1.82) is 0 Å². The molecule has 418 valence electrons. The molecular weight excluding hydrogens is 959 g/mol. The molecule has 0 aromatic rings. The summed E-state index contributed by atoms with van der Waals surface area (Å²) >= 11 is 0. The van der Waals surface area contributed by atoms with Crippen LogP contribution in [0.5, 0.6) is 0 Å². The van der Waals surface area contributed by atoms with Gasteiger partial charge in [0.2, 0.25) is 17.3 Å². The Balaban J connectivity index is 0.000000105. The van der Waals surface area contributed by atoms with Crippen molar-refractivity contribution in [2.24, 2.45) is 105 Å². The van der Waals surface area contributed by atoms with Crippen LogP contribution in [0.3, 0.4) is 0 Å². The number of Topliss-reactive ketones (excluding diaryl/α,β-unsaturated/α-hetero) is 1. The zero-order chi connectivity index (χ0) is 51.5. The first kappa shape index (κ1) is 54.9. The van der Waals surface area contributed by atoms with Crippen molar-refractivity contribution < 1.29 is 74.1 Å². The van der Waals surface area contributed by atoms with Gasteiger partial charge in [-0.2, -0.15) is 19.2 Å². The van der Waals surface area contributed by atoms with Crippen LogP contribution in [0.15, 0.2) is 10.5 Å². The Labute approximate surface area is 436 Å². The second-order valence-electron chi connectivity index (χ2n) is 25.7. The van der Waals surface area contributed by atoms with Crippen molar-refractivity contribution in [3.63, 3.8) is 0 Å². The highest BCUT2D eigenvalue weighted by atomic mass is 17.6. The summed E-state index contributed by atoms with van der Waals surface area (Å²) in [5.41, 5.74) is 0.928. The Morgan fingerprint density at radius 2 is 0.986 bits per heavy atom. The van der Waals surface area contributed by atoms with Crippen LogP contribution >= 0.6 is 0 Å². The van der Waals surface area contributed by atoms with Crippen molar-refractivity contribution in [3.8, 4) is 0 Å². The van der Waals surface area contributed by atoms with E-state index in [4.69, 9.17) is 54.5 Å². The first-order valence-corrected chi connectivity index (χ1v) is 29.1. The van der Waals surface area contributed by atoms with E-state index < -0.39 is 5.72 Å². The largest absolute Gasteiger partial charge is 0.463 e. The third-order valence-electron chi connectivity index (χ3n) is 21.3. The second-order valence-corrected chi connectivity index (χ2v) is 25.7. The highest BCUT2D eigenvalue weighted by Crippen LogP contribution is 2.65. The summed E-state index contributed by atoms with van der Waals surface area (Å²) in [6.07, 6.45) is 37.6. The number of ketones is 2. The number of hydroxylamine groups is 2. The average Bonchev–Trinajstić information content (AvgIpc) is 4.00. The van der Waals surface area contributed by atoms with Crippen LogP contribution in [0.1, 0.15) is 193 Å². The number of nitrogens with zero attached hydrogens (tertiary/aromatic N) is 3. The van der Waals surface area contributed by atoms with Crippen molar-refractivity contribution in [2.75, 3.05) is 21.3 Å². The number of hydrogen-bond donors (Lipinski definition) is 2. The minimum absolute atomic E-state index is 0.356. The van der Waals surface area contributed by atoms with Crippen LogP contribution < -0.4 is 5.26 Å². The van der Waals surface area contributed by atoms with E-state index in [9.17, 15) is 10.1 Å². The number of hydrogen-bond acceptors (Lipinski definition) is 18. The zero-order valence-electron chi connectivity index (χ0n) is 44.4. The maximum Gasteiger partial charge on any atom is 0.335 e. The number of rotatable bonds is 3. The predicted octanol–water partition coefficient (Wildman–Crippen LogP) is 10.6. The highest BCUT2D eigenvalue weighted by molar-refractivity contribution is 5.90. The molecule has 0 aromatic heterocycles. The van der Waals surface area contributed by atoms with E-state index in [-0.39, 0.29) is 11.6 Å². The average molecular weight is 1050 g/mol. The second kappa shape index (κ2) is 24.3. The maximum absolute atomic E-state index is 10.5. The van der Waals surface area contributed by atoms with Crippen LogP contribution in [0.2, 0.25) is 0 Å². The Kier molecular flexibility index (Phi) is 18.0. The Morgan fingerprint density at radius 1 is 0.568 bits per heavy atom. The summed E-state index contributed by atoms with van der Waals surface area (Å²) in [5.74, 6) is 13.0. The van der Waals surface area contributed by atoms with Gasteiger partial charge in [0.15, 0.2) is 5.34 Å². The van der Waals surface area contributed by atoms with Gasteiger partial charge in [0.1, 0.15) is 20.0 Å². The van der Waals surface area contributed by atoms with E-state index in [0.717, 1.165) is 103 Å². The quantitative estimate of drug-likeness (QED) is 0.116. The van der Waals surface area contributed by atoms with Crippen molar-refractivity contribution >= 4 is 17.3 Å². The monoisotopic (exact) mass is 1050 g/mol. The molecular formula is C55H87N3O16. The lowest BCUT2D eigenvalue weighted by atomic mass is 9.52. The minimum atomic E-state index is -0.470. The lowest BCUT2D eigenvalue weighted by molar-refractivity contribution is -1.05. The number of carbonyl (C=O) groups excluding carboxylic acids is 2. The number of ether oxygens (including phenoxy) is 1. The Bertz CT molecular complexity index is 1800. The van der Waals surface area contributed by atoms with Crippen LogP contribution in [0.4, 0.5) is 0 Å². The fraction of sp³-hybridized carbons (Fsp3) is 0.945. The molecule has 2 N–H and O–H groups in total. The summed E-state index contributed by atoms with van der Waals surface area (Å²) in [6, 6.07) is 0. The van der Waals surface area contributed by atoms with Crippen LogP contribution in [-0.2, 0) is 58.3 Å². The van der Waals surface area contributed by atoms with E-state index in [1.54, 1.807) is 14.2 Å². The molecule has 18 aliphatic carbocycles. The van der Waals surface area contributed by atoms with Gasteiger partial charge in [-0.05, 0) is 206 Å². The molecule has 0 unspecified atom stereocenters. The molecule has 74 heavy (non-hydrogen) atoms. The molecule has 19 nitrogen and oxygen atoms in total. The van der Waals surface area contributed by atoms with Crippen molar-refractivity contribution in [2.45, 2.75) is 210 Å². The molecule has 19 heteroatoms. The number of carbonyl (C=O) groups is 1. The molecule has 20 fully saturated rings. The van der Waals surface area contributed by atoms with Gasteiger partial charge in [0.25, 0.3) is 0 Å². The topological polar surface area (TPSA) is 229 Å². The summed E-state index contributed by atoms with van der Waals surface area (Å²) in [7, 11) is 4.48. The molecule has 0 atom stereocenters. The third-order valence-corrected chi connectivity index (χ3v) is 21.3. The summed E-state index contributed by atoms with van der Waals surface area (Å²) in [5, 5.41) is 38.4. The summed E-state index contributed by atoms with van der Waals surface area (Å²) in [4.78, 5) is 55.3. The van der Waals surface area contributed by atoms with Gasteiger partial charge < -0.3 is 19.7 Å². The normalized spacial score (nSPS) is 44.9. The third kappa shape index (κ3) is 11.4. The highest BCUT2D eigenvalue weighted by Gasteiger charge is 2.68. The van der Waals surface area contributed by atoms with Crippen LogP contribution in [0.25, 0.3) is 0 Å². The van der Waals surface area contributed by atoms with E-state index in [1.165, 1.54) is 172 Å². The molecule has 20 rings (SSSR count). The Hall–Kier alpha value is -2.43. The lowest BCUT2D eigenvalue weighted by Crippen LogP contribution is -2.63. The standard InChI is InChI=1S/C16H24O3.C11H17NO4.C11H17NO.C10H14O2.C6H10O.CH3NO2.H2O3/c1-2-4-15(5-3-1)17-16(19-18-15)13-7-11-6-12(9-13)10-14(16)8-11;1-13-12-11(14-16-15-12)9-3-7-2-8(5-9)6-10(11)4-7;1-13-12-11-9-3-7-2-8(5-9)6-10(11)4-7;11-12-10-8-2-6-1-7(4-8)5-9(10)3-6;7-6-4-2-1-3-5-6;1-4-2-3;1-3-2/h11-14H,1-10H2;7-10H,2-6H2,1H3;7-10H,2-6H2,1H3;6-9H,1-5H2;1-5H2;1H3;1-2H. The molecule has 2 heterocycles. The zero-order valence-corrected chi connectivity index (χ0v) is 44.4. The first-order chi connectivity index (χ1) is 36.1. The smallest absolute Gasteiger partial charge is 0.335 e. The van der Waals surface area contributed by atoms with E-state index >= 15 is 0 Å². The fourth-order valence-corrected chi connectivity index (χ4v) is 19.2. The molecule has 0 aromatic carbocycles. The van der Waals surface area contributed by atoms with Gasteiger partial charge in [-0.25, -0.2) is 10.5 Å². The molecule has 16 bridgehead atoms.